The minimum Gasteiger partial charge on any atom is -0.456 e. The maximum atomic E-state index is 6.84. The highest BCUT2D eigenvalue weighted by Gasteiger charge is 2.22. The zero-order valence-corrected chi connectivity index (χ0v) is 33.6. The van der Waals surface area contributed by atoms with Crippen molar-refractivity contribution < 1.29 is 8.83 Å². The zero-order valence-electron chi connectivity index (χ0n) is 33.6. The Balaban J connectivity index is 1.01. The summed E-state index contributed by atoms with van der Waals surface area (Å²) in [6.07, 6.45) is 0. The van der Waals surface area contributed by atoms with Crippen molar-refractivity contribution in [3.63, 3.8) is 0 Å². The first kappa shape index (κ1) is 34.1. The van der Waals surface area contributed by atoms with Gasteiger partial charge in [0.2, 0.25) is 0 Å². The lowest BCUT2D eigenvalue weighted by atomic mass is 10.0. The van der Waals surface area contributed by atoms with E-state index in [2.05, 4.69) is 132 Å². The van der Waals surface area contributed by atoms with Gasteiger partial charge in [-0.3, -0.25) is 0 Å². The van der Waals surface area contributed by atoms with Crippen molar-refractivity contribution in [3.05, 3.63) is 194 Å². The smallest absolute Gasteiger partial charge is 0.164 e. The van der Waals surface area contributed by atoms with E-state index in [1.54, 1.807) is 0 Å². The first-order chi connectivity index (χ1) is 31.2. The number of furan rings is 2. The summed E-state index contributed by atoms with van der Waals surface area (Å²) in [5, 5.41) is 13.6. The number of hydrogen-bond donors (Lipinski definition) is 0. The molecular formula is C57H32N4O2. The second-order valence-corrected chi connectivity index (χ2v) is 16.3. The summed E-state index contributed by atoms with van der Waals surface area (Å²) >= 11 is 0. The van der Waals surface area contributed by atoms with Gasteiger partial charge in [-0.2, -0.15) is 0 Å². The summed E-state index contributed by atoms with van der Waals surface area (Å²) in [6, 6.07) is 68.1. The number of para-hydroxylation sites is 1. The largest absolute Gasteiger partial charge is 0.456 e. The third-order valence-corrected chi connectivity index (χ3v) is 12.8. The molecule has 4 aromatic heterocycles. The summed E-state index contributed by atoms with van der Waals surface area (Å²) in [6.45, 7) is 0. The van der Waals surface area contributed by atoms with Crippen LogP contribution in [0.1, 0.15) is 0 Å². The van der Waals surface area contributed by atoms with E-state index in [1.165, 1.54) is 32.3 Å². The van der Waals surface area contributed by atoms with E-state index in [0.717, 1.165) is 88.1 Å². The van der Waals surface area contributed by atoms with Crippen molar-refractivity contribution in [1.82, 2.24) is 19.5 Å². The van der Waals surface area contributed by atoms with Gasteiger partial charge in [-0.15, -0.1) is 0 Å². The lowest BCUT2D eigenvalue weighted by molar-refractivity contribution is 0.668. The number of fused-ring (bicyclic) bond motifs is 13. The highest BCUT2D eigenvalue weighted by Crippen LogP contribution is 2.44. The Labute approximate surface area is 358 Å². The molecule has 0 unspecified atom stereocenters. The van der Waals surface area contributed by atoms with Gasteiger partial charge in [-0.05, 0) is 81.5 Å². The molecule has 0 aliphatic carbocycles. The number of rotatable bonds is 4. The van der Waals surface area contributed by atoms with Crippen LogP contribution in [0.2, 0.25) is 0 Å². The van der Waals surface area contributed by atoms with Crippen molar-refractivity contribution in [2.24, 2.45) is 0 Å². The second kappa shape index (κ2) is 12.9. The number of hydrogen-bond acceptors (Lipinski definition) is 5. The van der Waals surface area contributed by atoms with Crippen LogP contribution in [0.3, 0.4) is 0 Å². The van der Waals surface area contributed by atoms with Crippen LogP contribution in [-0.2, 0) is 0 Å². The molecule has 6 nitrogen and oxygen atoms in total. The fourth-order valence-electron chi connectivity index (χ4n) is 9.90. The Morgan fingerprint density at radius 3 is 1.60 bits per heavy atom. The standard InChI is InChI=1S/C57H32N4O2/c1-2-13-33(14-3-1)55-58-56(60-57(59-55)42-22-12-24-51-54(42)41-21-10-11-23-49(41)62-51)38-25-26-50-45(29-38)53-40-20-9-8-19-39(40)48(32-52(53)63-50)61-46-30-36-17-6-4-15-34(36)27-43(46)44-28-35-16-5-7-18-37(35)31-47(44)61/h1-32H. The van der Waals surface area contributed by atoms with Crippen molar-refractivity contribution in [3.8, 4) is 39.9 Å². The van der Waals surface area contributed by atoms with Crippen LogP contribution in [0.4, 0.5) is 0 Å². The maximum absolute atomic E-state index is 6.84. The van der Waals surface area contributed by atoms with E-state index >= 15 is 0 Å². The third-order valence-electron chi connectivity index (χ3n) is 12.8. The molecule has 0 saturated carbocycles. The van der Waals surface area contributed by atoms with E-state index in [1.807, 2.05) is 66.7 Å². The molecule has 0 aliphatic rings. The SMILES string of the molecule is c1ccc(-c2nc(-c3ccc4oc5cc(-n6c7cc8ccccc8cc7c7cc8ccccc8cc76)c6ccccc6c5c4c3)nc(-c3cccc4oc5ccccc5c34)n2)cc1. The third kappa shape index (κ3) is 5.09. The van der Waals surface area contributed by atoms with Crippen LogP contribution in [-0.4, -0.2) is 19.5 Å². The Hall–Kier alpha value is -8.61. The van der Waals surface area contributed by atoms with Crippen molar-refractivity contribution >= 4 is 98.0 Å². The molecule has 0 aliphatic heterocycles. The molecule has 0 amide bonds. The fourth-order valence-corrected chi connectivity index (χ4v) is 9.90. The minimum absolute atomic E-state index is 0.575. The van der Waals surface area contributed by atoms with Gasteiger partial charge in [-0.1, -0.05) is 133 Å². The van der Waals surface area contributed by atoms with Crippen molar-refractivity contribution in [1.29, 1.82) is 0 Å². The summed E-state index contributed by atoms with van der Waals surface area (Å²) in [5.74, 6) is 1.75. The van der Waals surface area contributed by atoms with Gasteiger partial charge in [0.15, 0.2) is 17.5 Å². The molecule has 14 aromatic rings. The average Bonchev–Trinajstić information content (AvgIpc) is 4.01. The summed E-state index contributed by atoms with van der Waals surface area (Å²) < 4.78 is 15.6. The van der Waals surface area contributed by atoms with Gasteiger partial charge < -0.3 is 13.4 Å². The highest BCUT2D eigenvalue weighted by molar-refractivity contribution is 6.23. The lowest BCUT2D eigenvalue weighted by Gasteiger charge is -2.13. The van der Waals surface area contributed by atoms with Gasteiger partial charge in [0, 0.05) is 60.5 Å². The van der Waals surface area contributed by atoms with E-state index in [-0.39, 0.29) is 0 Å². The number of aromatic nitrogens is 4. The van der Waals surface area contributed by atoms with Crippen molar-refractivity contribution in [2.45, 2.75) is 0 Å². The average molecular weight is 805 g/mol. The van der Waals surface area contributed by atoms with Gasteiger partial charge in [0.25, 0.3) is 0 Å². The quantitative estimate of drug-likeness (QED) is 0.177. The molecule has 0 N–H and O–H groups in total. The Bertz CT molecular complexity index is 4120. The van der Waals surface area contributed by atoms with Gasteiger partial charge in [0.1, 0.15) is 22.3 Å². The van der Waals surface area contributed by atoms with Crippen LogP contribution >= 0.6 is 0 Å². The maximum Gasteiger partial charge on any atom is 0.164 e. The van der Waals surface area contributed by atoms with Crippen LogP contribution in [0.5, 0.6) is 0 Å². The van der Waals surface area contributed by atoms with E-state index in [0.29, 0.717) is 17.5 Å². The van der Waals surface area contributed by atoms with Crippen LogP contribution in [0.15, 0.2) is 203 Å². The molecule has 0 bridgehead atoms. The van der Waals surface area contributed by atoms with Crippen LogP contribution in [0.25, 0.3) is 138 Å². The minimum atomic E-state index is 0.575. The normalized spacial score (nSPS) is 12.1. The molecule has 292 valence electrons. The molecule has 63 heavy (non-hydrogen) atoms. The van der Waals surface area contributed by atoms with E-state index in [4.69, 9.17) is 23.8 Å². The summed E-state index contributed by atoms with van der Waals surface area (Å²) in [4.78, 5) is 15.5. The van der Waals surface area contributed by atoms with E-state index in [9.17, 15) is 0 Å². The first-order valence-electron chi connectivity index (χ1n) is 21.2. The Morgan fingerprint density at radius 2 is 0.873 bits per heavy atom. The topological polar surface area (TPSA) is 69.9 Å². The molecule has 0 saturated heterocycles. The molecule has 0 atom stereocenters. The molecule has 0 radical (unpaired) electrons. The van der Waals surface area contributed by atoms with Crippen LogP contribution in [0, 0.1) is 0 Å². The number of nitrogens with zero attached hydrogens (tertiary/aromatic N) is 4. The van der Waals surface area contributed by atoms with Gasteiger partial charge >= 0.3 is 0 Å². The number of benzene rings is 10. The Morgan fingerprint density at radius 1 is 0.317 bits per heavy atom. The second-order valence-electron chi connectivity index (χ2n) is 16.3. The molecular weight excluding hydrogens is 773 g/mol. The van der Waals surface area contributed by atoms with Gasteiger partial charge in [0.05, 0.1) is 16.7 Å². The molecule has 4 heterocycles. The Kier molecular flexibility index (Phi) is 7.02. The van der Waals surface area contributed by atoms with Crippen LogP contribution < -0.4 is 0 Å². The molecule has 6 heteroatoms. The monoisotopic (exact) mass is 804 g/mol. The van der Waals surface area contributed by atoms with Crippen molar-refractivity contribution in [2.75, 3.05) is 0 Å². The summed E-state index contributed by atoms with van der Waals surface area (Å²) in [7, 11) is 0. The predicted octanol–water partition coefficient (Wildman–Crippen LogP) is 15.2. The highest BCUT2D eigenvalue weighted by atomic mass is 16.3. The first-order valence-corrected chi connectivity index (χ1v) is 21.2. The van der Waals surface area contributed by atoms with E-state index < -0.39 is 0 Å². The molecule has 14 rings (SSSR count). The predicted molar refractivity (Wildman–Crippen MR) is 258 cm³/mol. The molecule has 0 fully saturated rings. The molecule has 0 spiro atoms. The zero-order chi connectivity index (χ0) is 41.2. The van der Waals surface area contributed by atoms with Gasteiger partial charge in [-0.25, -0.2) is 15.0 Å². The summed E-state index contributed by atoms with van der Waals surface area (Å²) in [5.41, 5.74) is 9.26. The fraction of sp³-hybridized carbons (Fsp3) is 0. The lowest BCUT2D eigenvalue weighted by Crippen LogP contribution is -2.00. The molecule has 10 aromatic carbocycles.